The topological polar surface area (TPSA) is 21.3 Å². The Morgan fingerprint density at radius 3 is 2.40 bits per heavy atom. The van der Waals surface area contributed by atoms with Crippen LogP contribution in [0.15, 0.2) is 0 Å². The normalized spacial score (nSPS) is 12.0. The number of halogens is 4. The van der Waals surface area contributed by atoms with E-state index in [1.54, 1.807) is 0 Å². The van der Waals surface area contributed by atoms with Crippen LogP contribution < -0.4 is 5.32 Å². The fourth-order valence-electron chi connectivity index (χ4n) is 0.979. The fraction of sp³-hybridized carbons (Fsp3) is 1.00. The van der Waals surface area contributed by atoms with Gasteiger partial charge in [-0.2, -0.15) is 13.2 Å². The molecule has 92 valence electrons. The number of nitrogens with one attached hydrogen (secondary N) is 1. The highest BCUT2D eigenvalue weighted by molar-refractivity contribution is 14.1. The minimum absolute atomic E-state index is 0.117. The molecule has 0 fully saturated rings. The monoisotopic (exact) mass is 339 g/mol. The van der Waals surface area contributed by atoms with E-state index in [9.17, 15) is 13.2 Å². The van der Waals surface area contributed by atoms with Gasteiger partial charge < -0.3 is 10.1 Å². The quantitative estimate of drug-likeness (QED) is 0.396. The SMILES string of the molecule is FC(F)(F)COCCNCCCCCI. The summed E-state index contributed by atoms with van der Waals surface area (Å²) in [4.78, 5) is 0. The van der Waals surface area contributed by atoms with Crippen molar-refractivity contribution < 1.29 is 17.9 Å². The molecule has 0 aliphatic carbocycles. The number of ether oxygens (including phenoxy) is 1. The first-order chi connectivity index (χ1) is 7.06. The van der Waals surface area contributed by atoms with Crippen LogP contribution in [0.25, 0.3) is 0 Å². The zero-order valence-electron chi connectivity index (χ0n) is 8.58. The van der Waals surface area contributed by atoms with Crippen molar-refractivity contribution in [1.29, 1.82) is 0 Å². The smallest absolute Gasteiger partial charge is 0.371 e. The summed E-state index contributed by atoms with van der Waals surface area (Å²) in [6.45, 7) is 0.307. The molecule has 6 heteroatoms. The van der Waals surface area contributed by atoms with Gasteiger partial charge >= 0.3 is 6.18 Å². The van der Waals surface area contributed by atoms with E-state index in [0.717, 1.165) is 17.4 Å². The number of unbranched alkanes of at least 4 members (excludes halogenated alkanes) is 2. The number of hydrogen-bond donors (Lipinski definition) is 1. The minimum atomic E-state index is -4.21. The summed E-state index contributed by atoms with van der Waals surface area (Å²) in [5.41, 5.74) is 0. The van der Waals surface area contributed by atoms with Gasteiger partial charge in [0.1, 0.15) is 6.61 Å². The molecule has 0 radical (unpaired) electrons. The third-order valence-corrected chi connectivity index (χ3v) is 2.44. The van der Waals surface area contributed by atoms with Crippen molar-refractivity contribution >= 4 is 22.6 Å². The molecule has 1 N–H and O–H groups in total. The van der Waals surface area contributed by atoms with Crippen molar-refractivity contribution in [2.75, 3.05) is 30.7 Å². The molecular weight excluding hydrogens is 322 g/mol. The Morgan fingerprint density at radius 2 is 1.80 bits per heavy atom. The highest BCUT2D eigenvalue weighted by Crippen LogP contribution is 2.13. The van der Waals surface area contributed by atoms with Gasteiger partial charge in [0.15, 0.2) is 0 Å². The van der Waals surface area contributed by atoms with Gasteiger partial charge in [-0.3, -0.25) is 0 Å². The molecule has 0 rings (SSSR count). The Hall–Kier alpha value is 0.440. The van der Waals surface area contributed by atoms with Crippen molar-refractivity contribution in [3.63, 3.8) is 0 Å². The van der Waals surface area contributed by atoms with Crippen molar-refractivity contribution in [2.24, 2.45) is 0 Å². The Bertz CT molecular complexity index is 144. The Morgan fingerprint density at radius 1 is 1.07 bits per heavy atom. The summed E-state index contributed by atoms with van der Waals surface area (Å²) in [7, 11) is 0. The van der Waals surface area contributed by atoms with Crippen LogP contribution in [0.2, 0.25) is 0 Å². The van der Waals surface area contributed by atoms with Gasteiger partial charge in [0.25, 0.3) is 0 Å². The van der Waals surface area contributed by atoms with Crippen molar-refractivity contribution in [2.45, 2.75) is 25.4 Å². The van der Waals surface area contributed by atoms with Gasteiger partial charge in [0, 0.05) is 6.54 Å². The maximum absolute atomic E-state index is 11.6. The highest BCUT2D eigenvalue weighted by Gasteiger charge is 2.26. The van der Waals surface area contributed by atoms with E-state index in [4.69, 9.17) is 0 Å². The molecule has 0 aromatic carbocycles. The Kier molecular flexibility index (Phi) is 9.93. The van der Waals surface area contributed by atoms with Gasteiger partial charge in [-0.05, 0) is 23.8 Å². The Labute approximate surface area is 102 Å². The first-order valence-electron chi connectivity index (χ1n) is 4.97. The highest BCUT2D eigenvalue weighted by atomic mass is 127. The van der Waals surface area contributed by atoms with Crippen molar-refractivity contribution in [3.05, 3.63) is 0 Å². The summed E-state index contributed by atoms with van der Waals surface area (Å²) in [5.74, 6) is 0. The molecule has 0 aromatic heterocycles. The third-order valence-electron chi connectivity index (χ3n) is 1.68. The molecular formula is C9H17F3INO. The lowest BCUT2D eigenvalue weighted by Crippen LogP contribution is -2.24. The second-order valence-corrected chi connectivity index (χ2v) is 4.25. The Balaban J connectivity index is 2.99. The first kappa shape index (κ1) is 15.4. The summed E-state index contributed by atoms with van der Waals surface area (Å²) < 4.78 is 40.5. The van der Waals surface area contributed by atoms with Crippen LogP contribution in [0.3, 0.4) is 0 Å². The van der Waals surface area contributed by atoms with E-state index in [1.165, 1.54) is 12.8 Å². The van der Waals surface area contributed by atoms with Crippen molar-refractivity contribution in [1.82, 2.24) is 5.32 Å². The molecule has 0 spiro atoms. The zero-order valence-corrected chi connectivity index (χ0v) is 10.7. The van der Waals surface area contributed by atoms with Gasteiger partial charge in [0.05, 0.1) is 6.61 Å². The molecule has 0 saturated heterocycles. The van der Waals surface area contributed by atoms with E-state index in [1.807, 2.05) is 0 Å². The van der Waals surface area contributed by atoms with Crippen LogP contribution in [0.4, 0.5) is 13.2 Å². The molecule has 0 unspecified atom stereocenters. The molecule has 0 heterocycles. The fourth-order valence-corrected chi connectivity index (χ4v) is 1.52. The number of alkyl halides is 4. The molecule has 0 aliphatic rings. The molecule has 15 heavy (non-hydrogen) atoms. The van der Waals surface area contributed by atoms with Gasteiger partial charge in [0.2, 0.25) is 0 Å². The molecule has 0 atom stereocenters. The van der Waals surface area contributed by atoms with Crippen LogP contribution in [-0.2, 0) is 4.74 Å². The summed E-state index contributed by atoms with van der Waals surface area (Å²) in [6, 6.07) is 0. The minimum Gasteiger partial charge on any atom is -0.371 e. The van der Waals surface area contributed by atoms with E-state index in [-0.39, 0.29) is 6.61 Å². The summed E-state index contributed by atoms with van der Waals surface area (Å²) >= 11 is 2.33. The van der Waals surface area contributed by atoms with Crippen LogP contribution >= 0.6 is 22.6 Å². The van der Waals surface area contributed by atoms with E-state index in [2.05, 4.69) is 32.6 Å². The molecule has 0 aliphatic heterocycles. The molecule has 2 nitrogen and oxygen atoms in total. The standard InChI is InChI=1S/C9H17F3INO/c10-9(11,12)8-15-7-6-14-5-3-1-2-4-13/h14H,1-8H2. The first-order valence-corrected chi connectivity index (χ1v) is 6.50. The van der Waals surface area contributed by atoms with Crippen LogP contribution in [0.5, 0.6) is 0 Å². The van der Waals surface area contributed by atoms with Gasteiger partial charge in [-0.25, -0.2) is 0 Å². The lowest BCUT2D eigenvalue weighted by Gasteiger charge is -2.08. The summed E-state index contributed by atoms with van der Waals surface area (Å²) in [6.07, 6.45) is -0.769. The number of hydrogen-bond acceptors (Lipinski definition) is 2. The predicted molar refractivity (Wildman–Crippen MR) is 62.5 cm³/mol. The maximum atomic E-state index is 11.6. The number of rotatable bonds is 9. The molecule has 0 bridgehead atoms. The average Bonchev–Trinajstić information content (AvgIpc) is 2.14. The molecule has 0 saturated carbocycles. The third kappa shape index (κ3) is 14.4. The molecule has 0 aromatic rings. The van der Waals surface area contributed by atoms with E-state index >= 15 is 0 Å². The van der Waals surface area contributed by atoms with E-state index < -0.39 is 12.8 Å². The van der Waals surface area contributed by atoms with Gasteiger partial charge in [-0.15, -0.1) is 0 Å². The van der Waals surface area contributed by atoms with Gasteiger partial charge in [-0.1, -0.05) is 29.0 Å². The lowest BCUT2D eigenvalue weighted by molar-refractivity contribution is -0.173. The average molecular weight is 339 g/mol. The van der Waals surface area contributed by atoms with Crippen molar-refractivity contribution in [3.8, 4) is 0 Å². The van der Waals surface area contributed by atoms with Crippen LogP contribution in [-0.4, -0.2) is 36.9 Å². The zero-order chi connectivity index (χ0) is 11.6. The summed E-state index contributed by atoms with van der Waals surface area (Å²) in [5, 5.41) is 3.04. The second-order valence-electron chi connectivity index (χ2n) is 3.17. The van der Waals surface area contributed by atoms with E-state index in [0.29, 0.717) is 6.54 Å². The second kappa shape index (κ2) is 9.65. The largest absolute Gasteiger partial charge is 0.411 e. The lowest BCUT2D eigenvalue weighted by atomic mass is 10.2. The molecule has 0 amide bonds. The maximum Gasteiger partial charge on any atom is 0.411 e. The van der Waals surface area contributed by atoms with Crippen LogP contribution in [0.1, 0.15) is 19.3 Å². The van der Waals surface area contributed by atoms with Crippen LogP contribution in [0, 0.1) is 0 Å². The predicted octanol–water partition coefficient (Wildman–Crippen LogP) is 2.76.